The molecule has 0 saturated heterocycles. The van der Waals surface area contributed by atoms with Crippen molar-refractivity contribution in [1.29, 1.82) is 0 Å². The van der Waals surface area contributed by atoms with Crippen LogP contribution in [0.25, 0.3) is 0 Å². The van der Waals surface area contributed by atoms with Crippen molar-refractivity contribution >= 4 is 33.8 Å². The largest absolute Gasteiger partial charge is 0.480 e. The van der Waals surface area contributed by atoms with E-state index in [1.807, 2.05) is 0 Å². The van der Waals surface area contributed by atoms with Crippen LogP contribution in [0.3, 0.4) is 0 Å². The van der Waals surface area contributed by atoms with Gasteiger partial charge in [-0.15, -0.1) is 13.2 Å². The Balaban J connectivity index is 6.17. The van der Waals surface area contributed by atoms with Crippen LogP contribution in [-0.2, 0) is 13.9 Å². The second-order valence-electron chi connectivity index (χ2n) is 3.96. The zero-order chi connectivity index (χ0) is 17.0. The van der Waals surface area contributed by atoms with Crippen molar-refractivity contribution < 1.29 is 38.6 Å². The van der Waals surface area contributed by atoms with Gasteiger partial charge in [-0.2, -0.15) is 12.6 Å². The predicted octanol–water partition coefficient (Wildman–Crippen LogP) is 0.0510. The predicted molar refractivity (Wildman–Crippen MR) is 79.2 cm³/mol. The number of carboxylic acids is 1. The van der Waals surface area contributed by atoms with Crippen molar-refractivity contribution in [3.8, 4) is 0 Å². The Morgan fingerprint density at radius 3 is 1.57 bits per heavy atom. The number of carboxylic acid groups (broad SMARTS) is 1. The van der Waals surface area contributed by atoms with Gasteiger partial charge in [-0.1, -0.05) is 12.2 Å². The fourth-order valence-electron chi connectivity index (χ4n) is 1.69. The smallest absolute Gasteiger partial charge is 0.346 e. The molecule has 0 saturated carbocycles. The molecule has 0 aromatic carbocycles. The highest BCUT2D eigenvalue weighted by molar-refractivity contribution is 7.80. The lowest BCUT2D eigenvalue weighted by molar-refractivity contribution is -0.142. The molecule has 122 valence electrons. The highest BCUT2D eigenvalue weighted by Crippen LogP contribution is 2.51. The van der Waals surface area contributed by atoms with E-state index in [1.165, 1.54) is 0 Å². The summed E-state index contributed by atoms with van der Waals surface area (Å²) in [5, 5.41) is 9.10. The number of aliphatic carboxylic acids is 1. The number of hydrogen-bond acceptors (Lipinski definition) is 5. The summed E-state index contributed by atoms with van der Waals surface area (Å²) >= 11 is 3.76. The highest BCUT2D eigenvalue weighted by Gasteiger charge is 2.46. The molecule has 0 aliphatic carbocycles. The lowest BCUT2D eigenvalue weighted by atomic mass is 10.2. The lowest BCUT2D eigenvalue weighted by Crippen LogP contribution is -2.52. The Morgan fingerprint density at radius 1 is 1.10 bits per heavy atom. The van der Waals surface area contributed by atoms with E-state index in [9.17, 15) is 33.5 Å². The van der Waals surface area contributed by atoms with Crippen molar-refractivity contribution in [3.63, 3.8) is 0 Å². The quantitative estimate of drug-likeness (QED) is 0.190. The first-order valence-electron chi connectivity index (χ1n) is 5.38. The Hall–Kier alpha value is -0.440. The van der Waals surface area contributed by atoms with Gasteiger partial charge >= 0.3 is 21.2 Å². The molecule has 5 N–H and O–H groups in total. The van der Waals surface area contributed by atoms with Gasteiger partial charge in [-0.25, -0.2) is 0 Å². The third kappa shape index (κ3) is 5.36. The molecule has 21 heavy (non-hydrogen) atoms. The van der Waals surface area contributed by atoms with Gasteiger partial charge in [-0.3, -0.25) is 18.8 Å². The summed E-state index contributed by atoms with van der Waals surface area (Å²) < 4.78 is 22.9. The van der Waals surface area contributed by atoms with Crippen LogP contribution in [0.15, 0.2) is 25.3 Å². The first kappa shape index (κ1) is 20.6. The molecule has 9 nitrogen and oxygen atoms in total. The zero-order valence-corrected chi connectivity index (χ0v) is 13.4. The number of carbonyl (C=O) groups is 1. The van der Waals surface area contributed by atoms with E-state index >= 15 is 0 Å². The van der Waals surface area contributed by atoms with Crippen molar-refractivity contribution in [2.75, 3.05) is 5.75 Å². The molecule has 0 aliphatic heterocycles. The maximum atomic E-state index is 11.5. The maximum absolute atomic E-state index is 11.5. The fourth-order valence-corrected chi connectivity index (χ4v) is 3.99. The Bertz CT molecular complexity index is 466. The SMILES string of the molecule is C=CC(N(C(CS)C(=O)O)C(C=C)P(=O)(O)O)P(=O)(O)O. The molecule has 0 spiro atoms. The average molecular weight is 361 g/mol. The molecule has 0 aromatic heterocycles. The molecule has 0 fully saturated rings. The molecule has 0 heterocycles. The Morgan fingerprint density at radius 2 is 1.43 bits per heavy atom. The zero-order valence-electron chi connectivity index (χ0n) is 10.8. The van der Waals surface area contributed by atoms with Gasteiger partial charge in [0.1, 0.15) is 17.6 Å². The lowest BCUT2D eigenvalue weighted by Gasteiger charge is -2.38. The molecule has 0 rings (SSSR count). The molecule has 0 aromatic rings. The fraction of sp³-hybridized carbons (Fsp3) is 0.444. The minimum atomic E-state index is -4.96. The van der Waals surface area contributed by atoms with Crippen LogP contribution >= 0.6 is 27.8 Å². The average Bonchev–Trinajstić information content (AvgIpc) is 2.26. The Kier molecular flexibility index (Phi) is 7.55. The van der Waals surface area contributed by atoms with Crippen LogP contribution in [0, 0.1) is 0 Å². The minimum Gasteiger partial charge on any atom is -0.480 e. The van der Waals surface area contributed by atoms with Crippen LogP contribution in [-0.4, -0.2) is 58.9 Å². The van der Waals surface area contributed by atoms with Gasteiger partial charge in [0.2, 0.25) is 0 Å². The molecule has 3 unspecified atom stereocenters. The van der Waals surface area contributed by atoms with Gasteiger partial charge in [0.05, 0.1) is 0 Å². The third-order valence-electron chi connectivity index (χ3n) is 2.54. The van der Waals surface area contributed by atoms with E-state index in [0.717, 1.165) is 12.2 Å². The number of hydrogen-bond donors (Lipinski definition) is 6. The van der Waals surface area contributed by atoms with E-state index in [-0.39, 0.29) is 0 Å². The molecular formula is C9H17NO8P2S. The van der Waals surface area contributed by atoms with Crippen molar-refractivity contribution in [3.05, 3.63) is 25.3 Å². The van der Waals surface area contributed by atoms with Crippen LogP contribution in [0.4, 0.5) is 0 Å². The standard InChI is InChI=1S/C9H17NO8P2S/c1-3-7(19(13,14)15)10(6(5-21)9(11)12)8(4-2)20(16,17)18/h3-4,6-8,21H,1-2,5H2,(H,11,12)(H2,13,14,15)(H2,16,17,18). The summed E-state index contributed by atoms with van der Waals surface area (Å²) in [6.07, 6.45) is 1.46. The molecule has 0 bridgehead atoms. The molecule has 3 atom stereocenters. The van der Waals surface area contributed by atoms with Crippen LogP contribution < -0.4 is 0 Å². The normalized spacial score (nSPS) is 17.0. The third-order valence-corrected chi connectivity index (χ3v) is 5.22. The molecule has 0 radical (unpaired) electrons. The summed E-state index contributed by atoms with van der Waals surface area (Å²) in [4.78, 5) is 48.8. The molecule has 0 amide bonds. The van der Waals surface area contributed by atoms with Gasteiger partial charge in [0.15, 0.2) is 0 Å². The Labute approximate surface area is 126 Å². The van der Waals surface area contributed by atoms with E-state index in [1.54, 1.807) is 0 Å². The summed E-state index contributed by atoms with van der Waals surface area (Å²) in [6.45, 7) is 6.37. The van der Waals surface area contributed by atoms with Crippen LogP contribution in [0.2, 0.25) is 0 Å². The monoisotopic (exact) mass is 361 g/mol. The van der Waals surface area contributed by atoms with Crippen LogP contribution in [0.1, 0.15) is 0 Å². The minimum absolute atomic E-state index is 0.440. The highest BCUT2D eigenvalue weighted by atomic mass is 32.1. The van der Waals surface area contributed by atoms with Gasteiger partial charge in [0, 0.05) is 5.75 Å². The van der Waals surface area contributed by atoms with E-state index < -0.39 is 44.5 Å². The van der Waals surface area contributed by atoms with Crippen molar-refractivity contribution in [2.24, 2.45) is 0 Å². The van der Waals surface area contributed by atoms with Crippen molar-refractivity contribution in [1.82, 2.24) is 4.90 Å². The van der Waals surface area contributed by atoms with Crippen LogP contribution in [0.5, 0.6) is 0 Å². The van der Waals surface area contributed by atoms with Gasteiger partial charge in [-0.05, 0) is 0 Å². The van der Waals surface area contributed by atoms with Gasteiger partial charge < -0.3 is 24.7 Å². The number of nitrogens with zero attached hydrogens (tertiary/aromatic N) is 1. The topological polar surface area (TPSA) is 156 Å². The molecule has 12 heteroatoms. The van der Waals surface area contributed by atoms with E-state index in [4.69, 9.17) is 5.11 Å². The first-order valence-corrected chi connectivity index (χ1v) is 9.38. The number of rotatable bonds is 9. The van der Waals surface area contributed by atoms with Gasteiger partial charge in [0.25, 0.3) is 0 Å². The second kappa shape index (κ2) is 7.71. The summed E-state index contributed by atoms with van der Waals surface area (Å²) in [5.74, 6) is -5.82. The maximum Gasteiger partial charge on any atom is 0.346 e. The first-order chi connectivity index (χ1) is 9.41. The summed E-state index contributed by atoms with van der Waals surface area (Å²) in [6, 6.07) is -1.67. The summed E-state index contributed by atoms with van der Waals surface area (Å²) in [7, 11) is -9.91. The molecular weight excluding hydrogens is 344 g/mol. The number of thiol groups is 1. The van der Waals surface area contributed by atoms with E-state index in [0.29, 0.717) is 4.90 Å². The second-order valence-corrected chi connectivity index (χ2v) is 7.74. The summed E-state index contributed by atoms with van der Waals surface area (Å²) in [5.41, 5.74) is 0. The van der Waals surface area contributed by atoms with E-state index in [2.05, 4.69) is 25.8 Å². The van der Waals surface area contributed by atoms with Crippen molar-refractivity contribution in [2.45, 2.75) is 17.6 Å². The molecule has 0 aliphatic rings.